The summed E-state index contributed by atoms with van der Waals surface area (Å²) in [5.41, 5.74) is -0.469. The van der Waals surface area contributed by atoms with Crippen LogP contribution in [0.15, 0.2) is 64.9 Å². The van der Waals surface area contributed by atoms with Crippen LogP contribution in [0.25, 0.3) is 4.96 Å². The molecule has 0 spiro atoms. The number of rotatable bonds is 6. The Morgan fingerprint density at radius 3 is 2.66 bits per heavy atom. The summed E-state index contributed by atoms with van der Waals surface area (Å²) in [6.07, 6.45) is 1.59. The molecule has 0 radical (unpaired) electrons. The molecule has 0 saturated heterocycles. The van der Waals surface area contributed by atoms with E-state index in [1.165, 1.54) is 46.1 Å². The number of ether oxygens (including phenoxy) is 1. The first kappa shape index (κ1) is 21.3. The monoisotopic (exact) mass is 469 g/mol. The Morgan fingerprint density at radius 2 is 1.91 bits per heavy atom. The van der Waals surface area contributed by atoms with Crippen LogP contribution in [0.4, 0.5) is 5.69 Å². The van der Waals surface area contributed by atoms with Gasteiger partial charge < -0.3 is 4.74 Å². The number of halogens is 1. The minimum absolute atomic E-state index is 0.000755. The van der Waals surface area contributed by atoms with Crippen molar-refractivity contribution in [3.63, 3.8) is 0 Å². The molecule has 0 N–H and O–H groups in total. The molecule has 0 unspecified atom stereocenters. The predicted octanol–water partition coefficient (Wildman–Crippen LogP) is 3.91. The number of thiazole rings is 1. The highest BCUT2D eigenvalue weighted by Crippen LogP contribution is 2.27. The Hall–Kier alpha value is -3.89. The van der Waals surface area contributed by atoms with Crippen LogP contribution >= 0.6 is 22.9 Å². The first-order chi connectivity index (χ1) is 15.3. The molecule has 0 amide bonds. The highest BCUT2D eigenvalue weighted by Gasteiger charge is 2.22. The van der Waals surface area contributed by atoms with Gasteiger partial charge in [0.2, 0.25) is 0 Å². The summed E-state index contributed by atoms with van der Waals surface area (Å²) in [6, 6.07) is 10.8. The first-order valence-electron chi connectivity index (χ1n) is 9.05. The molecular weight excluding hydrogens is 458 g/mol. The molecule has 9 nitrogen and oxygen atoms in total. The Kier molecular flexibility index (Phi) is 5.80. The molecule has 11 heteroatoms. The fourth-order valence-corrected chi connectivity index (χ4v) is 3.91. The molecule has 0 atom stereocenters. The Labute approximate surface area is 188 Å². The van der Waals surface area contributed by atoms with Gasteiger partial charge in [0.25, 0.3) is 11.2 Å². The summed E-state index contributed by atoms with van der Waals surface area (Å²) < 4.78 is 6.65. The predicted molar refractivity (Wildman–Crippen MR) is 116 cm³/mol. The van der Waals surface area contributed by atoms with Crippen LogP contribution in [0.3, 0.4) is 0 Å². The number of hydrogen-bond donors (Lipinski definition) is 0. The van der Waals surface area contributed by atoms with E-state index in [9.17, 15) is 24.5 Å². The van der Waals surface area contributed by atoms with Crippen molar-refractivity contribution in [1.29, 1.82) is 0 Å². The van der Waals surface area contributed by atoms with Gasteiger partial charge >= 0.3 is 5.97 Å². The number of nitrogens with zero attached hydrogens (tertiary/aromatic N) is 3. The zero-order valence-electron chi connectivity index (χ0n) is 16.1. The van der Waals surface area contributed by atoms with Crippen LogP contribution in [0.5, 0.6) is 0 Å². The van der Waals surface area contributed by atoms with Gasteiger partial charge in [-0.3, -0.25) is 24.1 Å². The van der Waals surface area contributed by atoms with Crippen LogP contribution < -0.4 is 5.56 Å². The van der Waals surface area contributed by atoms with E-state index < -0.39 is 22.4 Å². The van der Waals surface area contributed by atoms with Crippen molar-refractivity contribution in [3.8, 4) is 0 Å². The van der Waals surface area contributed by atoms with E-state index in [-0.39, 0.29) is 39.6 Å². The molecule has 0 aliphatic rings. The molecule has 2 heterocycles. The molecule has 4 rings (SSSR count). The summed E-state index contributed by atoms with van der Waals surface area (Å²) >= 11 is 7.07. The molecule has 0 aliphatic carbocycles. The van der Waals surface area contributed by atoms with Crippen molar-refractivity contribution in [2.75, 3.05) is 0 Å². The molecule has 0 saturated carbocycles. The third kappa shape index (κ3) is 4.13. The topological polar surface area (TPSA) is 121 Å². The van der Waals surface area contributed by atoms with Gasteiger partial charge in [-0.2, -0.15) is 0 Å². The van der Waals surface area contributed by atoms with E-state index in [2.05, 4.69) is 4.98 Å². The van der Waals surface area contributed by atoms with Crippen LogP contribution in [0, 0.1) is 10.1 Å². The second kappa shape index (κ2) is 8.69. The van der Waals surface area contributed by atoms with Crippen LogP contribution in [0.1, 0.15) is 32.0 Å². The van der Waals surface area contributed by atoms with Crippen molar-refractivity contribution < 1.29 is 19.2 Å². The maximum atomic E-state index is 13.0. The van der Waals surface area contributed by atoms with E-state index in [0.717, 1.165) is 6.07 Å². The first-order valence-corrected chi connectivity index (χ1v) is 10.3. The lowest BCUT2D eigenvalue weighted by atomic mass is 9.98. The van der Waals surface area contributed by atoms with Crippen LogP contribution in [0.2, 0.25) is 5.02 Å². The summed E-state index contributed by atoms with van der Waals surface area (Å²) in [5.74, 6) is -1.40. The van der Waals surface area contributed by atoms with Crippen LogP contribution in [-0.2, 0) is 11.3 Å². The Bertz CT molecular complexity index is 1450. The number of hydrogen-bond acceptors (Lipinski definition) is 8. The number of carbonyl (C=O) groups is 2. The molecule has 0 fully saturated rings. The van der Waals surface area contributed by atoms with Gasteiger partial charge in [-0.1, -0.05) is 29.8 Å². The average Bonchev–Trinajstić information content (AvgIpc) is 3.26. The van der Waals surface area contributed by atoms with Crippen molar-refractivity contribution in [3.05, 3.63) is 108 Å². The van der Waals surface area contributed by atoms with Crippen LogP contribution in [-0.4, -0.2) is 26.1 Å². The van der Waals surface area contributed by atoms with E-state index in [4.69, 9.17) is 16.3 Å². The van der Waals surface area contributed by atoms with Gasteiger partial charge in [0.1, 0.15) is 11.6 Å². The lowest BCUT2D eigenvalue weighted by Gasteiger charge is -2.09. The average molecular weight is 470 g/mol. The normalized spacial score (nSPS) is 10.8. The maximum Gasteiger partial charge on any atom is 0.339 e. The number of aromatic nitrogens is 2. The number of nitro benzene ring substituents is 1. The molecule has 2 aromatic heterocycles. The van der Waals surface area contributed by atoms with E-state index in [1.54, 1.807) is 23.7 Å². The summed E-state index contributed by atoms with van der Waals surface area (Å²) in [4.78, 5) is 52.9. The fraction of sp³-hybridized carbons (Fsp3) is 0.0476. The van der Waals surface area contributed by atoms with E-state index >= 15 is 0 Å². The lowest BCUT2D eigenvalue weighted by Crippen LogP contribution is -2.16. The van der Waals surface area contributed by atoms with E-state index in [0.29, 0.717) is 4.96 Å². The van der Waals surface area contributed by atoms with Crippen molar-refractivity contribution >= 4 is 45.3 Å². The van der Waals surface area contributed by atoms with Gasteiger partial charge in [0.05, 0.1) is 16.2 Å². The summed E-state index contributed by atoms with van der Waals surface area (Å²) in [5, 5.41) is 12.7. The molecule has 0 aliphatic heterocycles. The molecule has 0 bridgehead atoms. The van der Waals surface area contributed by atoms with Gasteiger partial charge in [-0.05, 0) is 18.2 Å². The number of benzene rings is 2. The van der Waals surface area contributed by atoms with Crippen molar-refractivity contribution in [1.82, 2.24) is 9.38 Å². The highest BCUT2D eigenvalue weighted by atomic mass is 35.5. The Balaban J connectivity index is 1.59. The number of nitro groups is 1. The number of fused-ring (bicyclic) bond motifs is 1. The number of esters is 1. The van der Waals surface area contributed by atoms with Gasteiger partial charge in [0.15, 0.2) is 10.7 Å². The SMILES string of the molecule is O=C(OCc1cc(=O)n2ccsc2n1)c1ccccc1C(=O)c1ccc(Cl)c([N+](=O)[O-])c1. The number of carbonyl (C=O) groups excluding carboxylic acids is 2. The zero-order chi connectivity index (χ0) is 22.8. The highest BCUT2D eigenvalue weighted by molar-refractivity contribution is 7.15. The Morgan fingerprint density at radius 1 is 1.16 bits per heavy atom. The van der Waals surface area contributed by atoms with Gasteiger partial charge in [-0.15, -0.1) is 11.3 Å². The smallest absolute Gasteiger partial charge is 0.339 e. The quantitative estimate of drug-likeness (QED) is 0.182. The molecule has 32 heavy (non-hydrogen) atoms. The zero-order valence-corrected chi connectivity index (χ0v) is 17.6. The standard InChI is InChI=1S/C21H12ClN3O6S/c22-16-6-5-12(9-17(16)25(29)30)19(27)14-3-1-2-4-15(14)20(28)31-11-13-10-18(26)24-7-8-32-21(24)23-13/h1-10H,11H2. The van der Waals surface area contributed by atoms with Crippen molar-refractivity contribution in [2.24, 2.45) is 0 Å². The third-order valence-electron chi connectivity index (χ3n) is 4.50. The third-order valence-corrected chi connectivity index (χ3v) is 5.58. The number of ketones is 1. The maximum absolute atomic E-state index is 13.0. The molecule has 160 valence electrons. The van der Waals surface area contributed by atoms with E-state index in [1.807, 2.05) is 0 Å². The molecular formula is C21H12ClN3O6S. The molecule has 4 aromatic rings. The fourth-order valence-electron chi connectivity index (χ4n) is 2.99. The minimum atomic E-state index is -0.800. The minimum Gasteiger partial charge on any atom is -0.456 e. The second-order valence-corrected chi connectivity index (χ2v) is 7.80. The largest absolute Gasteiger partial charge is 0.456 e. The molecule has 2 aromatic carbocycles. The summed E-state index contributed by atoms with van der Waals surface area (Å²) in [7, 11) is 0. The second-order valence-electron chi connectivity index (χ2n) is 6.52. The van der Waals surface area contributed by atoms with Gasteiger partial charge in [-0.25, -0.2) is 9.78 Å². The lowest BCUT2D eigenvalue weighted by molar-refractivity contribution is -0.384. The van der Waals surface area contributed by atoms with Crippen molar-refractivity contribution in [2.45, 2.75) is 6.61 Å². The summed E-state index contributed by atoms with van der Waals surface area (Å²) in [6.45, 7) is -0.266. The van der Waals surface area contributed by atoms with Gasteiger partial charge in [0, 0.05) is 34.8 Å².